The molecule has 1 nitrogen and oxygen atoms in total. The predicted octanol–water partition coefficient (Wildman–Crippen LogP) is 8.38. The van der Waals surface area contributed by atoms with Gasteiger partial charge in [-0.15, -0.1) is 5.73 Å². The number of rotatable bonds is 0. The number of benzene rings is 4. The molecule has 1 heteroatoms. The summed E-state index contributed by atoms with van der Waals surface area (Å²) in [5, 5.41) is 11.9. The lowest BCUT2D eigenvalue weighted by Crippen LogP contribution is -2.38. The standard InChI is InChI=1S/C34H33N/c1-7-20-27-21-11-8-13-25(27)32(2,3)15-10-16-34(6)19-33(4,5)26-14-9-12-22-24-18-35-17-23(21)28(24)30(20)31(34)29(22)26/h8-9,11-14,17-18H,1,10,15-16,19H2,2-6H3. The first kappa shape index (κ1) is 21.2. The number of aromatic nitrogens is 1. The zero-order valence-corrected chi connectivity index (χ0v) is 21.6. The fourth-order valence-corrected chi connectivity index (χ4v) is 8.19. The SMILES string of the molecule is C=C=c1c2c3cccc2c2cncc4c5cccc6c5c(c1c42)C(C)(CCCC3(C)C)CC6(C)C. The second-order valence-corrected chi connectivity index (χ2v) is 12.7. The molecule has 1 atom stereocenters. The van der Waals surface area contributed by atoms with Crippen molar-refractivity contribution in [3.8, 4) is 0 Å². The molecule has 1 unspecified atom stereocenters. The Kier molecular flexibility index (Phi) is 3.95. The van der Waals surface area contributed by atoms with Gasteiger partial charge in [-0.2, -0.15) is 0 Å². The number of hydrogen-bond acceptors (Lipinski definition) is 1. The Morgan fingerprint density at radius 1 is 0.714 bits per heavy atom. The van der Waals surface area contributed by atoms with Crippen LogP contribution in [0.4, 0.5) is 0 Å². The van der Waals surface area contributed by atoms with Gasteiger partial charge in [-0.05, 0) is 68.4 Å². The quantitative estimate of drug-likeness (QED) is 0.169. The van der Waals surface area contributed by atoms with E-state index < -0.39 is 0 Å². The molecule has 1 aromatic heterocycles. The van der Waals surface area contributed by atoms with Crippen molar-refractivity contribution >= 4 is 48.8 Å². The third kappa shape index (κ3) is 2.52. The van der Waals surface area contributed by atoms with E-state index >= 15 is 0 Å². The van der Waals surface area contributed by atoms with E-state index in [-0.39, 0.29) is 16.2 Å². The molecule has 0 aliphatic heterocycles. The Hall–Kier alpha value is -3.15. The average Bonchev–Trinajstić information content (AvgIpc) is 2.82. The van der Waals surface area contributed by atoms with Gasteiger partial charge in [0, 0.05) is 44.5 Å². The maximum absolute atomic E-state index is 4.82. The summed E-state index contributed by atoms with van der Waals surface area (Å²) in [4.78, 5) is 4.82. The first-order chi connectivity index (χ1) is 16.7. The lowest BCUT2D eigenvalue weighted by molar-refractivity contribution is 0.285. The van der Waals surface area contributed by atoms with Crippen LogP contribution < -0.4 is 5.22 Å². The van der Waals surface area contributed by atoms with Crippen LogP contribution in [0.2, 0.25) is 0 Å². The molecule has 1 heterocycles. The van der Waals surface area contributed by atoms with Gasteiger partial charge in [0.2, 0.25) is 0 Å². The molecule has 7 rings (SSSR count). The summed E-state index contributed by atoms with van der Waals surface area (Å²) in [5.41, 5.74) is 8.22. The highest BCUT2D eigenvalue weighted by atomic mass is 14.6. The minimum absolute atomic E-state index is 0.0757. The Labute approximate surface area is 207 Å². The second kappa shape index (κ2) is 6.54. The normalized spacial score (nSPS) is 22.5. The van der Waals surface area contributed by atoms with Gasteiger partial charge in [-0.1, -0.05) is 84.0 Å². The van der Waals surface area contributed by atoms with Crippen molar-refractivity contribution in [3.63, 3.8) is 0 Å². The molecular weight excluding hydrogens is 422 g/mol. The number of pyridine rings is 1. The molecule has 0 saturated heterocycles. The van der Waals surface area contributed by atoms with Crippen molar-refractivity contribution < 1.29 is 0 Å². The summed E-state index contributed by atoms with van der Waals surface area (Å²) in [5.74, 6) is 0. The summed E-state index contributed by atoms with van der Waals surface area (Å²) >= 11 is 0. The highest BCUT2D eigenvalue weighted by molar-refractivity contribution is 6.29. The maximum atomic E-state index is 4.82. The number of fused-ring (bicyclic) bond motifs is 2. The van der Waals surface area contributed by atoms with Gasteiger partial charge in [0.1, 0.15) is 0 Å². The minimum Gasteiger partial charge on any atom is -0.263 e. The van der Waals surface area contributed by atoms with E-state index in [1.807, 2.05) is 0 Å². The van der Waals surface area contributed by atoms with Crippen molar-refractivity contribution in [2.75, 3.05) is 0 Å². The molecule has 5 aromatic rings. The van der Waals surface area contributed by atoms with Crippen molar-refractivity contribution in [1.82, 2.24) is 4.98 Å². The van der Waals surface area contributed by atoms with Crippen molar-refractivity contribution in [2.24, 2.45) is 0 Å². The Morgan fingerprint density at radius 2 is 1.34 bits per heavy atom. The number of hydrogen-bond donors (Lipinski definition) is 0. The van der Waals surface area contributed by atoms with Crippen LogP contribution in [0.15, 0.2) is 55.4 Å². The topological polar surface area (TPSA) is 12.9 Å². The molecule has 0 fully saturated rings. The van der Waals surface area contributed by atoms with Gasteiger partial charge >= 0.3 is 0 Å². The van der Waals surface area contributed by atoms with Crippen LogP contribution in [0.1, 0.15) is 77.0 Å². The monoisotopic (exact) mass is 455 g/mol. The largest absolute Gasteiger partial charge is 0.263 e. The summed E-state index contributed by atoms with van der Waals surface area (Å²) in [7, 11) is 0. The second-order valence-electron chi connectivity index (χ2n) is 12.7. The molecule has 2 aliphatic carbocycles. The van der Waals surface area contributed by atoms with E-state index in [0.29, 0.717) is 0 Å². The molecule has 4 aromatic carbocycles. The molecule has 0 N–H and O–H groups in total. The molecule has 2 aliphatic rings. The van der Waals surface area contributed by atoms with E-state index in [2.05, 4.69) is 95.7 Å². The van der Waals surface area contributed by atoms with Gasteiger partial charge in [-0.3, -0.25) is 4.98 Å². The van der Waals surface area contributed by atoms with E-state index in [9.17, 15) is 0 Å². The van der Waals surface area contributed by atoms with Crippen LogP contribution in [-0.4, -0.2) is 4.98 Å². The van der Waals surface area contributed by atoms with Crippen molar-refractivity contribution in [3.05, 3.63) is 77.3 Å². The minimum atomic E-state index is 0.0757. The maximum Gasteiger partial charge on any atom is 0.0353 e. The van der Waals surface area contributed by atoms with Crippen LogP contribution >= 0.6 is 0 Å². The van der Waals surface area contributed by atoms with Crippen LogP contribution in [0, 0.1) is 0 Å². The van der Waals surface area contributed by atoms with E-state index in [4.69, 9.17) is 4.98 Å². The molecule has 0 saturated carbocycles. The highest BCUT2D eigenvalue weighted by Gasteiger charge is 2.44. The highest BCUT2D eigenvalue weighted by Crippen LogP contribution is 2.55. The molecule has 0 radical (unpaired) electrons. The van der Waals surface area contributed by atoms with Crippen LogP contribution in [-0.2, 0) is 16.2 Å². The van der Waals surface area contributed by atoms with E-state index in [1.165, 1.54) is 84.3 Å². The summed E-state index contributed by atoms with van der Waals surface area (Å²) in [6.07, 6.45) is 8.94. The molecule has 2 bridgehead atoms. The first-order valence-electron chi connectivity index (χ1n) is 13.1. The Balaban J connectivity index is 1.94. The van der Waals surface area contributed by atoms with Gasteiger partial charge in [0.15, 0.2) is 0 Å². The van der Waals surface area contributed by atoms with Gasteiger partial charge in [0.25, 0.3) is 0 Å². The fourth-order valence-electron chi connectivity index (χ4n) is 8.19. The van der Waals surface area contributed by atoms with Gasteiger partial charge < -0.3 is 0 Å². The van der Waals surface area contributed by atoms with Crippen LogP contribution in [0.5, 0.6) is 0 Å². The van der Waals surface area contributed by atoms with Crippen LogP contribution in [0.3, 0.4) is 0 Å². The van der Waals surface area contributed by atoms with E-state index in [1.54, 1.807) is 0 Å². The van der Waals surface area contributed by atoms with Gasteiger partial charge in [0.05, 0.1) is 0 Å². The first-order valence-corrected chi connectivity index (χ1v) is 13.1. The summed E-state index contributed by atoms with van der Waals surface area (Å²) in [6.45, 7) is 16.6. The zero-order chi connectivity index (χ0) is 24.3. The predicted molar refractivity (Wildman–Crippen MR) is 150 cm³/mol. The molecule has 35 heavy (non-hydrogen) atoms. The number of nitrogens with zero attached hydrogens (tertiary/aromatic N) is 1. The smallest absolute Gasteiger partial charge is 0.0353 e. The lowest BCUT2D eigenvalue weighted by Gasteiger charge is -2.46. The molecule has 0 spiro atoms. The van der Waals surface area contributed by atoms with E-state index in [0.717, 1.165) is 6.42 Å². The van der Waals surface area contributed by atoms with Crippen molar-refractivity contribution in [2.45, 2.75) is 76.5 Å². The average molecular weight is 456 g/mol. The molecular formula is C34H33N. The molecule has 0 amide bonds. The van der Waals surface area contributed by atoms with Crippen LogP contribution in [0.25, 0.3) is 48.8 Å². The Bertz CT molecular complexity index is 1810. The zero-order valence-electron chi connectivity index (χ0n) is 21.6. The fraction of sp³-hybridized carbons (Fsp3) is 0.353. The summed E-state index contributed by atoms with van der Waals surface area (Å²) in [6, 6.07) is 13.8. The lowest BCUT2D eigenvalue weighted by atomic mass is 9.57. The summed E-state index contributed by atoms with van der Waals surface area (Å²) < 4.78 is 0. The molecule has 174 valence electrons. The van der Waals surface area contributed by atoms with Crippen molar-refractivity contribution in [1.29, 1.82) is 0 Å². The third-order valence-corrected chi connectivity index (χ3v) is 9.51. The third-order valence-electron chi connectivity index (χ3n) is 9.51. The van der Waals surface area contributed by atoms with Gasteiger partial charge in [-0.25, -0.2) is 0 Å². The Morgan fingerprint density at radius 3 is 2.00 bits per heavy atom.